The lowest BCUT2D eigenvalue weighted by Crippen LogP contribution is -2.31. The first-order valence-electron chi connectivity index (χ1n) is 5.35. The maximum Gasteiger partial charge on any atom is 0.258 e. The van der Waals surface area contributed by atoms with Gasteiger partial charge in [-0.05, 0) is 19.9 Å². The van der Waals surface area contributed by atoms with Crippen molar-refractivity contribution in [3.05, 3.63) is 23.8 Å². The summed E-state index contributed by atoms with van der Waals surface area (Å²) in [6.45, 7) is 3.43. The molecule has 5 heteroatoms. The van der Waals surface area contributed by atoms with Crippen LogP contribution in [-0.2, 0) is 4.79 Å². The number of benzene rings is 1. The standard InChI is InChI=1S/C12H18N2O3/c1-7(13)10-5-4-9(16-3)6-11(10)17-8(2)12(14)15/h4-8H,13H2,1-3H3,(H2,14,15)/t7-,8?/m0/s1. The fourth-order valence-electron chi connectivity index (χ4n) is 1.37. The number of primary amides is 1. The van der Waals surface area contributed by atoms with E-state index < -0.39 is 12.0 Å². The molecule has 1 aromatic rings. The van der Waals surface area contributed by atoms with Gasteiger partial charge in [0, 0.05) is 17.7 Å². The Balaban J connectivity index is 3.04. The molecule has 0 saturated carbocycles. The number of ether oxygens (including phenoxy) is 2. The van der Waals surface area contributed by atoms with Gasteiger partial charge in [0.2, 0.25) is 0 Å². The molecule has 1 rings (SSSR count). The number of carbonyl (C=O) groups excluding carboxylic acids is 1. The highest BCUT2D eigenvalue weighted by Gasteiger charge is 2.15. The minimum absolute atomic E-state index is 0.198. The van der Waals surface area contributed by atoms with Gasteiger partial charge >= 0.3 is 0 Å². The first kappa shape index (κ1) is 13.3. The molecule has 94 valence electrons. The average molecular weight is 238 g/mol. The first-order valence-corrected chi connectivity index (χ1v) is 5.35. The van der Waals surface area contributed by atoms with E-state index in [1.165, 1.54) is 0 Å². The van der Waals surface area contributed by atoms with Gasteiger partial charge in [-0.2, -0.15) is 0 Å². The summed E-state index contributed by atoms with van der Waals surface area (Å²) >= 11 is 0. The van der Waals surface area contributed by atoms with Crippen molar-refractivity contribution in [3.8, 4) is 11.5 Å². The average Bonchev–Trinajstić information content (AvgIpc) is 2.28. The van der Waals surface area contributed by atoms with Crippen molar-refractivity contribution >= 4 is 5.91 Å². The van der Waals surface area contributed by atoms with Crippen LogP contribution >= 0.6 is 0 Å². The molecule has 0 fully saturated rings. The highest BCUT2D eigenvalue weighted by Crippen LogP contribution is 2.29. The third kappa shape index (κ3) is 3.35. The zero-order chi connectivity index (χ0) is 13.0. The summed E-state index contributed by atoms with van der Waals surface area (Å²) in [4.78, 5) is 11.0. The Morgan fingerprint density at radius 2 is 2.00 bits per heavy atom. The lowest BCUT2D eigenvalue weighted by Gasteiger charge is -2.17. The molecule has 0 aliphatic heterocycles. The number of rotatable bonds is 5. The molecular formula is C12H18N2O3. The number of amides is 1. The van der Waals surface area contributed by atoms with E-state index in [1.807, 2.05) is 13.0 Å². The van der Waals surface area contributed by atoms with E-state index in [0.717, 1.165) is 5.56 Å². The number of hydrogen-bond donors (Lipinski definition) is 2. The van der Waals surface area contributed by atoms with Crippen molar-refractivity contribution < 1.29 is 14.3 Å². The van der Waals surface area contributed by atoms with Crippen LogP contribution in [0.2, 0.25) is 0 Å². The van der Waals surface area contributed by atoms with Crippen LogP contribution in [0, 0.1) is 0 Å². The Labute approximate surface area is 101 Å². The van der Waals surface area contributed by atoms with Gasteiger partial charge in [-0.15, -0.1) is 0 Å². The minimum atomic E-state index is -0.709. The second-order valence-electron chi connectivity index (χ2n) is 3.85. The molecule has 0 saturated heterocycles. The lowest BCUT2D eigenvalue weighted by molar-refractivity contribution is -0.124. The molecule has 0 aliphatic carbocycles. The normalized spacial score (nSPS) is 13.9. The van der Waals surface area contributed by atoms with Gasteiger partial charge < -0.3 is 20.9 Å². The second kappa shape index (κ2) is 5.54. The van der Waals surface area contributed by atoms with Crippen LogP contribution in [0.5, 0.6) is 11.5 Å². The summed E-state index contributed by atoms with van der Waals surface area (Å²) in [6.07, 6.45) is -0.709. The van der Waals surface area contributed by atoms with Gasteiger partial charge in [0.15, 0.2) is 6.10 Å². The topological polar surface area (TPSA) is 87.6 Å². The van der Waals surface area contributed by atoms with Crippen LogP contribution in [-0.4, -0.2) is 19.1 Å². The molecule has 0 radical (unpaired) electrons. The second-order valence-corrected chi connectivity index (χ2v) is 3.85. The number of nitrogens with two attached hydrogens (primary N) is 2. The van der Waals surface area contributed by atoms with Crippen molar-refractivity contribution in [3.63, 3.8) is 0 Å². The molecule has 0 aliphatic rings. The van der Waals surface area contributed by atoms with Gasteiger partial charge in [0.05, 0.1) is 7.11 Å². The zero-order valence-electron chi connectivity index (χ0n) is 10.3. The Bertz CT molecular complexity index is 405. The van der Waals surface area contributed by atoms with Crippen molar-refractivity contribution in [1.82, 2.24) is 0 Å². The highest BCUT2D eigenvalue weighted by atomic mass is 16.5. The molecule has 0 aromatic heterocycles. The van der Waals surface area contributed by atoms with E-state index in [0.29, 0.717) is 11.5 Å². The van der Waals surface area contributed by atoms with Gasteiger partial charge in [0.25, 0.3) is 5.91 Å². The summed E-state index contributed by atoms with van der Waals surface area (Å²) in [5, 5.41) is 0. The van der Waals surface area contributed by atoms with Crippen LogP contribution in [0.1, 0.15) is 25.5 Å². The fraction of sp³-hybridized carbons (Fsp3) is 0.417. The third-order valence-electron chi connectivity index (χ3n) is 2.42. The maximum absolute atomic E-state index is 11.0. The van der Waals surface area contributed by atoms with E-state index in [2.05, 4.69) is 0 Å². The molecule has 4 N–H and O–H groups in total. The summed E-state index contributed by atoms with van der Waals surface area (Å²) in [6, 6.07) is 5.10. The highest BCUT2D eigenvalue weighted by molar-refractivity contribution is 5.78. The number of carbonyl (C=O) groups is 1. The molecule has 1 aromatic carbocycles. The summed E-state index contributed by atoms with van der Waals surface area (Å²) < 4.78 is 10.6. The van der Waals surface area contributed by atoms with Crippen molar-refractivity contribution in [2.24, 2.45) is 11.5 Å². The van der Waals surface area contributed by atoms with Crippen LogP contribution in [0.15, 0.2) is 18.2 Å². The fourth-order valence-corrected chi connectivity index (χ4v) is 1.37. The molecule has 0 heterocycles. The largest absolute Gasteiger partial charge is 0.497 e. The Kier molecular flexibility index (Phi) is 4.34. The zero-order valence-corrected chi connectivity index (χ0v) is 10.3. The molecule has 17 heavy (non-hydrogen) atoms. The maximum atomic E-state index is 11.0. The Morgan fingerprint density at radius 1 is 1.35 bits per heavy atom. The smallest absolute Gasteiger partial charge is 0.258 e. The summed E-state index contributed by atoms with van der Waals surface area (Å²) in [5.41, 5.74) is 11.8. The first-order chi connectivity index (χ1) is 7.95. The van der Waals surface area contributed by atoms with E-state index in [4.69, 9.17) is 20.9 Å². The predicted molar refractivity (Wildman–Crippen MR) is 64.9 cm³/mol. The van der Waals surface area contributed by atoms with E-state index in [1.54, 1.807) is 26.2 Å². The van der Waals surface area contributed by atoms with E-state index in [9.17, 15) is 4.79 Å². The molecule has 2 atom stereocenters. The molecule has 5 nitrogen and oxygen atoms in total. The molecule has 0 bridgehead atoms. The predicted octanol–water partition coefficient (Wildman–Crippen LogP) is 0.968. The number of hydrogen-bond acceptors (Lipinski definition) is 4. The summed E-state index contributed by atoms with van der Waals surface area (Å²) in [5.74, 6) is 0.634. The monoisotopic (exact) mass is 238 g/mol. The third-order valence-corrected chi connectivity index (χ3v) is 2.42. The Morgan fingerprint density at radius 3 is 2.47 bits per heavy atom. The van der Waals surface area contributed by atoms with Crippen LogP contribution in [0.4, 0.5) is 0 Å². The van der Waals surface area contributed by atoms with E-state index in [-0.39, 0.29) is 6.04 Å². The van der Waals surface area contributed by atoms with Gasteiger partial charge in [-0.25, -0.2) is 0 Å². The van der Waals surface area contributed by atoms with Crippen LogP contribution in [0.3, 0.4) is 0 Å². The lowest BCUT2D eigenvalue weighted by atomic mass is 10.1. The van der Waals surface area contributed by atoms with E-state index >= 15 is 0 Å². The van der Waals surface area contributed by atoms with Gasteiger partial charge in [-0.1, -0.05) is 6.07 Å². The van der Waals surface area contributed by atoms with Crippen LogP contribution < -0.4 is 20.9 Å². The van der Waals surface area contributed by atoms with Crippen molar-refractivity contribution in [1.29, 1.82) is 0 Å². The van der Waals surface area contributed by atoms with Crippen LogP contribution in [0.25, 0.3) is 0 Å². The summed E-state index contributed by atoms with van der Waals surface area (Å²) in [7, 11) is 1.56. The van der Waals surface area contributed by atoms with Gasteiger partial charge in [-0.3, -0.25) is 4.79 Å². The van der Waals surface area contributed by atoms with Crippen molar-refractivity contribution in [2.45, 2.75) is 26.0 Å². The van der Waals surface area contributed by atoms with Gasteiger partial charge in [0.1, 0.15) is 11.5 Å². The molecular weight excluding hydrogens is 220 g/mol. The number of methoxy groups -OCH3 is 1. The SMILES string of the molecule is COc1ccc([C@H](C)N)c(OC(C)C(N)=O)c1. The van der Waals surface area contributed by atoms with Crippen molar-refractivity contribution in [2.75, 3.05) is 7.11 Å². The minimum Gasteiger partial charge on any atom is -0.497 e. The molecule has 1 amide bonds. The molecule has 1 unspecified atom stereocenters. The Hall–Kier alpha value is -1.75. The quantitative estimate of drug-likeness (QED) is 0.800. The molecule has 0 spiro atoms.